The van der Waals surface area contributed by atoms with E-state index in [9.17, 15) is 0 Å². The van der Waals surface area contributed by atoms with Gasteiger partial charge in [0.05, 0.1) is 0 Å². The molecule has 1 aromatic carbocycles. The van der Waals surface area contributed by atoms with Crippen molar-refractivity contribution in [3.63, 3.8) is 0 Å². The van der Waals surface area contributed by atoms with Gasteiger partial charge in [0.15, 0.2) is 5.84 Å². The minimum atomic E-state index is 0.0166. The zero-order valence-electron chi connectivity index (χ0n) is 11.3. The number of pyridine rings is 1. The normalized spacial score (nSPS) is 13.2. The zero-order valence-corrected chi connectivity index (χ0v) is 11.3. The molecule has 0 unspecified atom stereocenters. The van der Waals surface area contributed by atoms with Crippen molar-refractivity contribution < 1.29 is 5.21 Å². The molecule has 0 bridgehead atoms. The second-order valence-electron chi connectivity index (χ2n) is 4.55. The van der Waals surface area contributed by atoms with Crippen molar-refractivity contribution in [3.05, 3.63) is 65.5 Å². The molecule has 0 aliphatic heterocycles. The molecule has 1 heterocycles. The molecule has 0 aliphatic carbocycles. The first kappa shape index (κ1) is 14.0. The first-order chi connectivity index (χ1) is 9.70. The standard InChI is InChI=1S/C15H18N4O/c1-11(13-5-3-2-4-6-13)18-10-12-7-8-17-14(9-12)15(16)19-20/h2-9,11,18,20H,10H2,1H3,(H2,16,19)/t11-/m1/s1. The van der Waals surface area contributed by atoms with Crippen LogP contribution in [0.3, 0.4) is 0 Å². The number of rotatable bonds is 5. The van der Waals surface area contributed by atoms with Crippen LogP contribution in [0.5, 0.6) is 0 Å². The molecule has 0 amide bonds. The number of nitrogens with one attached hydrogen (secondary N) is 1. The van der Waals surface area contributed by atoms with Crippen LogP contribution in [0.2, 0.25) is 0 Å². The van der Waals surface area contributed by atoms with Crippen LogP contribution < -0.4 is 11.1 Å². The van der Waals surface area contributed by atoms with Crippen LogP contribution >= 0.6 is 0 Å². The third-order valence-corrected chi connectivity index (χ3v) is 3.11. The molecule has 5 nitrogen and oxygen atoms in total. The highest BCUT2D eigenvalue weighted by Gasteiger charge is 2.06. The molecule has 0 spiro atoms. The highest BCUT2D eigenvalue weighted by atomic mass is 16.4. The summed E-state index contributed by atoms with van der Waals surface area (Å²) in [6, 6.07) is 14.2. The Morgan fingerprint density at radius 2 is 2.10 bits per heavy atom. The Bertz CT molecular complexity index is 583. The summed E-state index contributed by atoms with van der Waals surface area (Å²) in [5, 5.41) is 15.0. The molecule has 0 fully saturated rings. The molecule has 1 aromatic heterocycles. The van der Waals surface area contributed by atoms with E-state index in [4.69, 9.17) is 10.9 Å². The minimum absolute atomic E-state index is 0.0166. The average molecular weight is 270 g/mol. The van der Waals surface area contributed by atoms with Gasteiger partial charge in [0, 0.05) is 18.8 Å². The van der Waals surface area contributed by atoms with E-state index in [-0.39, 0.29) is 11.9 Å². The fourth-order valence-corrected chi connectivity index (χ4v) is 1.91. The summed E-state index contributed by atoms with van der Waals surface area (Å²) in [5.41, 5.74) is 8.27. The van der Waals surface area contributed by atoms with Crippen LogP contribution in [-0.4, -0.2) is 16.0 Å². The number of aromatic nitrogens is 1. The summed E-state index contributed by atoms with van der Waals surface area (Å²) < 4.78 is 0. The van der Waals surface area contributed by atoms with Gasteiger partial charge < -0.3 is 16.3 Å². The number of hydrogen-bond acceptors (Lipinski definition) is 4. The number of oxime groups is 1. The molecular formula is C15H18N4O. The van der Waals surface area contributed by atoms with Crippen LogP contribution in [0.1, 0.15) is 29.8 Å². The van der Waals surface area contributed by atoms with Crippen LogP contribution in [0.4, 0.5) is 0 Å². The van der Waals surface area contributed by atoms with Crippen molar-refractivity contribution >= 4 is 5.84 Å². The lowest BCUT2D eigenvalue weighted by molar-refractivity contribution is 0.318. The van der Waals surface area contributed by atoms with Crippen molar-refractivity contribution in [1.29, 1.82) is 0 Å². The van der Waals surface area contributed by atoms with Gasteiger partial charge in [0.2, 0.25) is 0 Å². The van der Waals surface area contributed by atoms with Crippen molar-refractivity contribution in [1.82, 2.24) is 10.3 Å². The number of hydrogen-bond donors (Lipinski definition) is 3. The third-order valence-electron chi connectivity index (χ3n) is 3.11. The van der Waals surface area contributed by atoms with Crippen LogP contribution in [0.15, 0.2) is 53.8 Å². The van der Waals surface area contributed by atoms with E-state index in [1.54, 1.807) is 12.3 Å². The van der Waals surface area contributed by atoms with Crippen molar-refractivity contribution in [3.8, 4) is 0 Å². The average Bonchev–Trinajstić information content (AvgIpc) is 2.53. The number of amidine groups is 1. The molecule has 0 radical (unpaired) electrons. The summed E-state index contributed by atoms with van der Waals surface area (Å²) in [4.78, 5) is 4.05. The molecule has 0 saturated carbocycles. The van der Waals surface area contributed by atoms with Gasteiger partial charge in [0.25, 0.3) is 0 Å². The second kappa shape index (κ2) is 6.68. The van der Waals surface area contributed by atoms with Gasteiger partial charge in [-0.2, -0.15) is 0 Å². The Morgan fingerprint density at radius 3 is 2.80 bits per heavy atom. The van der Waals surface area contributed by atoms with Gasteiger partial charge in [-0.25, -0.2) is 0 Å². The topological polar surface area (TPSA) is 83.5 Å². The SMILES string of the molecule is C[C@@H](NCc1ccnc(C(N)=NO)c1)c1ccccc1. The first-order valence-electron chi connectivity index (χ1n) is 6.42. The van der Waals surface area contributed by atoms with E-state index in [1.165, 1.54) is 5.56 Å². The molecule has 5 heteroatoms. The van der Waals surface area contributed by atoms with Gasteiger partial charge in [-0.3, -0.25) is 4.98 Å². The maximum atomic E-state index is 8.65. The molecule has 0 aliphatic rings. The molecule has 1 atom stereocenters. The molecular weight excluding hydrogens is 252 g/mol. The summed E-state index contributed by atoms with van der Waals surface area (Å²) in [6.07, 6.45) is 1.65. The third kappa shape index (κ3) is 3.55. The molecule has 4 N–H and O–H groups in total. The van der Waals surface area contributed by atoms with Gasteiger partial charge in [0.1, 0.15) is 5.69 Å². The van der Waals surface area contributed by atoms with Gasteiger partial charge in [-0.15, -0.1) is 0 Å². The van der Waals surface area contributed by atoms with E-state index in [0.717, 1.165) is 5.56 Å². The van der Waals surface area contributed by atoms with E-state index in [0.29, 0.717) is 12.2 Å². The van der Waals surface area contributed by atoms with Gasteiger partial charge in [-0.1, -0.05) is 35.5 Å². The van der Waals surface area contributed by atoms with Crippen LogP contribution in [-0.2, 0) is 6.54 Å². The summed E-state index contributed by atoms with van der Waals surface area (Å²) >= 11 is 0. The second-order valence-corrected chi connectivity index (χ2v) is 4.55. The Hall–Kier alpha value is -2.40. The lowest BCUT2D eigenvalue weighted by Gasteiger charge is -2.14. The lowest BCUT2D eigenvalue weighted by atomic mass is 10.1. The van der Waals surface area contributed by atoms with E-state index >= 15 is 0 Å². The summed E-state index contributed by atoms with van der Waals surface area (Å²) in [5.74, 6) is 0.0166. The molecule has 0 saturated heterocycles. The van der Waals surface area contributed by atoms with E-state index in [1.807, 2.05) is 24.3 Å². The summed E-state index contributed by atoms with van der Waals surface area (Å²) in [7, 11) is 0. The fourth-order valence-electron chi connectivity index (χ4n) is 1.91. The smallest absolute Gasteiger partial charge is 0.188 e. The minimum Gasteiger partial charge on any atom is -0.409 e. The van der Waals surface area contributed by atoms with E-state index < -0.39 is 0 Å². The Kier molecular flexibility index (Phi) is 4.68. The predicted molar refractivity (Wildman–Crippen MR) is 78.4 cm³/mol. The molecule has 2 rings (SSSR count). The zero-order chi connectivity index (χ0) is 14.4. The number of nitrogens with two attached hydrogens (primary N) is 1. The maximum absolute atomic E-state index is 8.65. The number of nitrogens with zero attached hydrogens (tertiary/aromatic N) is 2. The highest BCUT2D eigenvalue weighted by molar-refractivity contribution is 5.95. The maximum Gasteiger partial charge on any atom is 0.188 e. The van der Waals surface area contributed by atoms with Gasteiger partial charge >= 0.3 is 0 Å². The first-order valence-corrected chi connectivity index (χ1v) is 6.42. The van der Waals surface area contributed by atoms with Crippen LogP contribution in [0.25, 0.3) is 0 Å². The van der Waals surface area contributed by atoms with Crippen LogP contribution in [0, 0.1) is 0 Å². The lowest BCUT2D eigenvalue weighted by Crippen LogP contribution is -2.19. The van der Waals surface area contributed by atoms with Crippen molar-refractivity contribution in [2.45, 2.75) is 19.5 Å². The predicted octanol–water partition coefficient (Wildman–Crippen LogP) is 2.03. The molecule has 104 valence electrons. The fraction of sp³-hybridized carbons (Fsp3) is 0.200. The Balaban J connectivity index is 2.01. The van der Waals surface area contributed by atoms with Gasteiger partial charge in [-0.05, 0) is 30.2 Å². The monoisotopic (exact) mass is 270 g/mol. The van der Waals surface area contributed by atoms with Crippen molar-refractivity contribution in [2.24, 2.45) is 10.9 Å². The Labute approximate surface area is 118 Å². The van der Waals surface area contributed by atoms with E-state index in [2.05, 4.69) is 34.5 Å². The van der Waals surface area contributed by atoms with Crippen molar-refractivity contribution in [2.75, 3.05) is 0 Å². The highest BCUT2D eigenvalue weighted by Crippen LogP contribution is 2.12. The Morgan fingerprint density at radius 1 is 1.35 bits per heavy atom. The quantitative estimate of drug-likeness (QED) is 0.336. The molecule has 20 heavy (non-hydrogen) atoms. The molecule has 2 aromatic rings. The largest absolute Gasteiger partial charge is 0.409 e. The number of benzene rings is 1. The summed E-state index contributed by atoms with van der Waals surface area (Å²) in [6.45, 7) is 2.80.